The fourth-order valence-corrected chi connectivity index (χ4v) is 2.97. The Morgan fingerprint density at radius 3 is 2.59 bits per heavy atom. The van der Waals surface area contributed by atoms with Gasteiger partial charge in [0.1, 0.15) is 5.69 Å². The maximum absolute atomic E-state index is 3.64. The van der Waals surface area contributed by atoms with E-state index in [1.165, 1.54) is 21.7 Å². The second kappa shape index (κ2) is 5.52. The maximum atomic E-state index is 3.64. The van der Waals surface area contributed by atoms with Gasteiger partial charge >= 0.3 is 0 Å². The van der Waals surface area contributed by atoms with Gasteiger partial charge < -0.3 is 4.90 Å². The monoisotopic (exact) mass is 280 g/mol. The second-order valence-corrected chi connectivity index (χ2v) is 5.44. The minimum atomic E-state index is 0.109. The van der Waals surface area contributed by atoms with Gasteiger partial charge in [-0.15, -0.1) is 41.2 Å². The Morgan fingerprint density at radius 2 is 1.77 bits per heavy atom. The van der Waals surface area contributed by atoms with Crippen molar-refractivity contribution in [2.24, 2.45) is 0 Å². The number of benzene rings is 2. The lowest BCUT2D eigenvalue weighted by Gasteiger charge is -2.15. The molecule has 2 heteroatoms. The Kier molecular flexibility index (Phi) is 3.23. The first kappa shape index (κ1) is 12.9. The SMILES string of the molecule is C1=CC=CC=1[B-](=[NH+]c1ccccc1)c1cc[c-]2ccccc12. The third-order valence-corrected chi connectivity index (χ3v) is 4.04. The lowest BCUT2D eigenvalue weighted by atomic mass is 9.57. The molecule has 1 N–H and O–H groups in total. The van der Waals surface area contributed by atoms with Gasteiger partial charge in [0.25, 0.3) is 0 Å². The summed E-state index contributed by atoms with van der Waals surface area (Å²) in [6, 6.07) is 23.3. The smallest absolute Gasteiger partial charge is 0.185 e. The van der Waals surface area contributed by atoms with Gasteiger partial charge in [0.2, 0.25) is 0 Å². The van der Waals surface area contributed by atoms with Crippen molar-refractivity contribution in [3.05, 3.63) is 96.2 Å². The molecule has 3 aromatic rings. The highest BCUT2D eigenvalue weighted by molar-refractivity contribution is 6.70. The summed E-state index contributed by atoms with van der Waals surface area (Å²) in [5.41, 5.74) is 6.93. The van der Waals surface area contributed by atoms with E-state index < -0.39 is 0 Å². The summed E-state index contributed by atoms with van der Waals surface area (Å²) in [5, 5.41) is 2.58. The van der Waals surface area contributed by atoms with Crippen molar-refractivity contribution < 1.29 is 4.90 Å². The zero-order valence-electron chi connectivity index (χ0n) is 12.2. The van der Waals surface area contributed by atoms with Gasteiger partial charge in [-0.25, -0.2) is 5.46 Å². The molecule has 22 heavy (non-hydrogen) atoms. The van der Waals surface area contributed by atoms with Crippen LogP contribution in [-0.2, 0) is 0 Å². The van der Waals surface area contributed by atoms with Crippen molar-refractivity contribution >= 4 is 28.4 Å². The molecule has 1 aliphatic carbocycles. The van der Waals surface area contributed by atoms with Crippen LogP contribution in [0.1, 0.15) is 0 Å². The summed E-state index contributed by atoms with van der Waals surface area (Å²) in [6.45, 7) is 0.109. The van der Waals surface area contributed by atoms with Crippen LogP contribution in [-0.4, -0.2) is 6.51 Å². The predicted molar refractivity (Wildman–Crippen MR) is 92.7 cm³/mol. The summed E-state index contributed by atoms with van der Waals surface area (Å²) in [6.07, 6.45) is 6.14. The zero-order valence-corrected chi connectivity index (χ0v) is 12.2. The van der Waals surface area contributed by atoms with E-state index in [2.05, 4.69) is 77.4 Å². The molecule has 0 heterocycles. The Labute approximate surface area is 130 Å². The number of hydrogen-bond donors (Lipinski definition) is 1. The molecule has 3 aromatic carbocycles. The number of hydrogen-bond acceptors (Lipinski definition) is 0. The van der Waals surface area contributed by atoms with Crippen LogP contribution in [0.15, 0.2) is 96.2 Å². The first-order valence-corrected chi connectivity index (χ1v) is 7.51. The molecule has 104 valence electrons. The number of fused-ring (bicyclic) bond motifs is 1. The van der Waals surface area contributed by atoms with E-state index in [0.717, 1.165) is 5.69 Å². The summed E-state index contributed by atoms with van der Waals surface area (Å²) in [7, 11) is 0. The van der Waals surface area contributed by atoms with E-state index in [1.54, 1.807) is 0 Å². The predicted octanol–water partition coefficient (Wildman–Crippen LogP) is 2.63. The van der Waals surface area contributed by atoms with Gasteiger partial charge in [0, 0.05) is 12.1 Å². The van der Waals surface area contributed by atoms with E-state index in [9.17, 15) is 0 Å². The average Bonchev–Trinajstić information content (AvgIpc) is 3.24. The van der Waals surface area contributed by atoms with Crippen LogP contribution < -0.4 is 10.4 Å². The molecule has 0 fully saturated rings. The molecule has 0 amide bonds. The Balaban J connectivity index is 1.94. The summed E-state index contributed by atoms with van der Waals surface area (Å²) >= 11 is 0. The van der Waals surface area contributed by atoms with Crippen LogP contribution in [0.5, 0.6) is 0 Å². The molecule has 4 rings (SSSR count). The lowest BCUT2D eigenvalue weighted by Crippen LogP contribution is -2.71. The molecule has 1 aliphatic rings. The topological polar surface area (TPSA) is 14.0 Å². The molecular formula is C20H15BN-. The van der Waals surface area contributed by atoms with Gasteiger partial charge in [-0.1, -0.05) is 30.4 Å². The van der Waals surface area contributed by atoms with Crippen molar-refractivity contribution in [2.75, 3.05) is 0 Å². The number of rotatable bonds is 3. The molecule has 0 saturated heterocycles. The first-order chi connectivity index (χ1) is 10.9. The molecule has 0 aliphatic heterocycles. The van der Waals surface area contributed by atoms with Crippen molar-refractivity contribution in [1.82, 2.24) is 0 Å². The fourth-order valence-electron chi connectivity index (χ4n) is 2.97. The molecule has 0 aromatic heterocycles. The Bertz CT molecular complexity index is 952. The van der Waals surface area contributed by atoms with Gasteiger partial charge in [0.05, 0.1) is 0 Å². The molecular weight excluding hydrogens is 265 g/mol. The van der Waals surface area contributed by atoms with Gasteiger partial charge in [0.15, 0.2) is 6.51 Å². The van der Waals surface area contributed by atoms with Gasteiger partial charge in [-0.05, 0) is 6.08 Å². The van der Waals surface area contributed by atoms with E-state index >= 15 is 0 Å². The number of para-hydroxylation sites is 1. The minimum absolute atomic E-state index is 0.109. The molecule has 0 spiro atoms. The standard InChI is InChI=1S/C20H15BN/c1-2-11-18(12-3-1)22-21(17-9-5-6-10-17)20-15-14-16-8-4-7-13-19(16)20/h1-9,11-15,22H/q-1. The number of allylic oxidation sites excluding steroid dienone is 3. The normalized spacial score (nSPS) is 13.8. The summed E-state index contributed by atoms with van der Waals surface area (Å²) < 4.78 is 0. The molecule has 0 unspecified atom stereocenters. The van der Waals surface area contributed by atoms with Crippen molar-refractivity contribution in [3.63, 3.8) is 0 Å². The Morgan fingerprint density at radius 1 is 0.909 bits per heavy atom. The fraction of sp³-hybridized carbons (Fsp3) is 0. The third kappa shape index (κ3) is 2.30. The van der Waals surface area contributed by atoms with Crippen LogP contribution in [0.4, 0.5) is 5.69 Å². The molecule has 0 bridgehead atoms. The quantitative estimate of drug-likeness (QED) is 0.431. The zero-order chi connectivity index (χ0) is 14.8. The van der Waals surface area contributed by atoms with Gasteiger partial charge in [-0.3, -0.25) is 0 Å². The van der Waals surface area contributed by atoms with E-state index in [1.807, 2.05) is 18.2 Å². The Hall–Kier alpha value is -2.83. The lowest BCUT2D eigenvalue weighted by molar-refractivity contribution is -0.338. The second-order valence-electron chi connectivity index (χ2n) is 5.44. The summed E-state index contributed by atoms with van der Waals surface area (Å²) in [5.74, 6) is 0. The van der Waals surface area contributed by atoms with Gasteiger partial charge in [-0.2, -0.15) is 17.2 Å². The van der Waals surface area contributed by atoms with Crippen molar-refractivity contribution in [2.45, 2.75) is 0 Å². The van der Waals surface area contributed by atoms with Crippen LogP contribution in [0.2, 0.25) is 0 Å². The largest absolute Gasteiger partial charge is 0.474 e. The maximum Gasteiger partial charge on any atom is 0.185 e. The third-order valence-electron chi connectivity index (χ3n) is 4.04. The van der Waals surface area contributed by atoms with Crippen LogP contribution in [0.25, 0.3) is 10.8 Å². The molecule has 0 atom stereocenters. The molecule has 0 saturated carbocycles. The van der Waals surface area contributed by atoms with E-state index in [4.69, 9.17) is 0 Å². The highest BCUT2D eigenvalue weighted by atomic mass is 14.7. The first-order valence-electron chi connectivity index (χ1n) is 7.51. The number of nitrogens with one attached hydrogen (secondary N) is 1. The van der Waals surface area contributed by atoms with Crippen LogP contribution in [0, 0.1) is 0 Å². The summed E-state index contributed by atoms with van der Waals surface area (Å²) in [4.78, 5) is 3.64. The van der Waals surface area contributed by atoms with Crippen LogP contribution >= 0.6 is 0 Å². The highest BCUT2D eigenvalue weighted by Gasteiger charge is 2.06. The highest BCUT2D eigenvalue weighted by Crippen LogP contribution is 2.14. The van der Waals surface area contributed by atoms with Crippen molar-refractivity contribution in [1.29, 1.82) is 0 Å². The minimum Gasteiger partial charge on any atom is -0.474 e. The molecule has 0 radical (unpaired) electrons. The van der Waals surface area contributed by atoms with E-state index in [-0.39, 0.29) is 6.51 Å². The molecule has 1 nitrogen and oxygen atoms in total. The van der Waals surface area contributed by atoms with Crippen LogP contribution in [0.3, 0.4) is 0 Å². The van der Waals surface area contributed by atoms with Crippen molar-refractivity contribution in [3.8, 4) is 0 Å². The van der Waals surface area contributed by atoms with E-state index in [0.29, 0.717) is 0 Å². The average molecular weight is 280 g/mol.